The number of carbonyl (C=O) groups excluding carboxylic acids is 2. The van der Waals surface area contributed by atoms with Gasteiger partial charge in [0.1, 0.15) is 0 Å². The van der Waals surface area contributed by atoms with E-state index in [1.54, 1.807) is 6.92 Å². The van der Waals surface area contributed by atoms with Gasteiger partial charge in [0.05, 0.1) is 17.9 Å². The number of dihydropyridines is 1. The van der Waals surface area contributed by atoms with E-state index in [0.717, 1.165) is 17.0 Å². The molecule has 0 spiro atoms. The first-order valence-electron chi connectivity index (χ1n) is 7.09. The summed E-state index contributed by atoms with van der Waals surface area (Å²) in [5.41, 5.74) is 4.38. The first kappa shape index (κ1) is 13.6. The van der Waals surface area contributed by atoms with Crippen molar-refractivity contribution in [1.82, 2.24) is 5.32 Å². The van der Waals surface area contributed by atoms with Crippen LogP contribution in [0.2, 0.25) is 0 Å². The van der Waals surface area contributed by atoms with Gasteiger partial charge < -0.3 is 10.1 Å². The van der Waals surface area contributed by atoms with E-state index in [1.165, 1.54) is 0 Å². The minimum Gasteiger partial charge on any atom is -0.463 e. The van der Waals surface area contributed by atoms with E-state index in [4.69, 9.17) is 4.74 Å². The number of nitrogens with one attached hydrogen (secondary N) is 1. The van der Waals surface area contributed by atoms with Gasteiger partial charge >= 0.3 is 5.97 Å². The van der Waals surface area contributed by atoms with Crippen LogP contribution in [0.4, 0.5) is 0 Å². The Morgan fingerprint density at radius 1 is 1.29 bits per heavy atom. The van der Waals surface area contributed by atoms with Gasteiger partial charge in [-0.05, 0) is 13.8 Å². The van der Waals surface area contributed by atoms with Crippen LogP contribution in [0.25, 0.3) is 5.70 Å². The Morgan fingerprint density at radius 3 is 2.62 bits per heavy atom. The van der Waals surface area contributed by atoms with Crippen molar-refractivity contribution in [3.63, 3.8) is 0 Å². The number of esters is 1. The fraction of sp³-hybridized carbons (Fsp3) is 0.294. The van der Waals surface area contributed by atoms with Crippen LogP contribution in [0.15, 0.2) is 41.1 Å². The number of ether oxygens (including phenoxy) is 1. The molecule has 0 bridgehead atoms. The molecule has 4 nitrogen and oxygen atoms in total. The zero-order valence-electron chi connectivity index (χ0n) is 12.3. The van der Waals surface area contributed by atoms with Crippen LogP contribution in [-0.2, 0) is 9.53 Å². The lowest BCUT2D eigenvalue weighted by atomic mass is 9.86. The van der Waals surface area contributed by atoms with E-state index in [9.17, 15) is 9.59 Å². The molecule has 1 N–H and O–H groups in total. The zero-order valence-corrected chi connectivity index (χ0v) is 12.3. The van der Waals surface area contributed by atoms with Gasteiger partial charge in [0, 0.05) is 28.3 Å². The molecule has 4 heteroatoms. The summed E-state index contributed by atoms with van der Waals surface area (Å²) in [6, 6.07) is 7.52. The second-order valence-corrected chi connectivity index (χ2v) is 5.27. The van der Waals surface area contributed by atoms with E-state index < -0.39 is 0 Å². The molecule has 0 saturated carbocycles. The fourth-order valence-electron chi connectivity index (χ4n) is 3.11. The molecule has 1 atom stereocenters. The van der Waals surface area contributed by atoms with Gasteiger partial charge in [-0.25, -0.2) is 4.79 Å². The maximum absolute atomic E-state index is 12.6. The predicted octanol–water partition coefficient (Wildman–Crippen LogP) is 2.67. The second-order valence-electron chi connectivity index (χ2n) is 5.27. The minimum atomic E-state index is -0.356. The molecular formula is C17H17NO3. The summed E-state index contributed by atoms with van der Waals surface area (Å²) in [4.78, 5) is 24.7. The summed E-state index contributed by atoms with van der Waals surface area (Å²) in [5, 5.41) is 3.22. The predicted molar refractivity (Wildman–Crippen MR) is 79.3 cm³/mol. The molecule has 3 rings (SSSR count). The summed E-state index contributed by atoms with van der Waals surface area (Å²) in [7, 11) is 0. The SMILES string of the molecule is CCOC(=O)C1=C(C)NC2=C(C(=O)c3ccccc32)C1C. The minimum absolute atomic E-state index is 0.00472. The van der Waals surface area contributed by atoms with Crippen LogP contribution in [0.5, 0.6) is 0 Å². The molecule has 1 aliphatic heterocycles. The monoisotopic (exact) mass is 283 g/mol. The summed E-state index contributed by atoms with van der Waals surface area (Å²) < 4.78 is 5.11. The lowest BCUT2D eigenvalue weighted by Crippen LogP contribution is -2.29. The van der Waals surface area contributed by atoms with Crippen molar-refractivity contribution in [3.8, 4) is 0 Å². The van der Waals surface area contributed by atoms with Crippen LogP contribution in [-0.4, -0.2) is 18.4 Å². The third kappa shape index (κ3) is 1.90. The molecule has 0 fully saturated rings. The van der Waals surface area contributed by atoms with Gasteiger partial charge in [-0.15, -0.1) is 0 Å². The average molecular weight is 283 g/mol. The highest BCUT2D eigenvalue weighted by Gasteiger charge is 2.39. The number of fused-ring (bicyclic) bond motifs is 2. The third-order valence-electron chi connectivity index (χ3n) is 4.03. The molecule has 108 valence electrons. The van der Waals surface area contributed by atoms with Gasteiger partial charge in [-0.1, -0.05) is 31.2 Å². The van der Waals surface area contributed by atoms with E-state index >= 15 is 0 Å². The molecule has 1 aromatic carbocycles. The van der Waals surface area contributed by atoms with Crippen molar-refractivity contribution in [3.05, 3.63) is 52.2 Å². The number of Topliss-reactive ketones (excluding diaryl/α,β-unsaturated/α-hetero) is 1. The number of benzene rings is 1. The van der Waals surface area contributed by atoms with Crippen LogP contribution in [0.3, 0.4) is 0 Å². The smallest absolute Gasteiger partial charge is 0.336 e. The Balaban J connectivity index is 2.06. The molecule has 1 aliphatic carbocycles. The van der Waals surface area contributed by atoms with Crippen molar-refractivity contribution in [2.45, 2.75) is 20.8 Å². The average Bonchev–Trinajstić information content (AvgIpc) is 2.73. The van der Waals surface area contributed by atoms with Gasteiger partial charge in [0.2, 0.25) is 0 Å². The quantitative estimate of drug-likeness (QED) is 0.848. The summed E-state index contributed by atoms with van der Waals surface area (Å²) in [6.07, 6.45) is 0. The molecule has 0 radical (unpaired) electrons. The Morgan fingerprint density at radius 2 is 1.95 bits per heavy atom. The number of ketones is 1. The maximum atomic E-state index is 12.6. The lowest BCUT2D eigenvalue weighted by Gasteiger charge is -2.26. The van der Waals surface area contributed by atoms with Crippen molar-refractivity contribution in [2.24, 2.45) is 5.92 Å². The van der Waals surface area contributed by atoms with Crippen LogP contribution >= 0.6 is 0 Å². The summed E-state index contributed by atoms with van der Waals surface area (Å²) in [5.74, 6) is -0.625. The Hall–Kier alpha value is -2.36. The van der Waals surface area contributed by atoms with Crippen molar-refractivity contribution in [1.29, 1.82) is 0 Å². The van der Waals surface area contributed by atoms with Crippen LogP contribution < -0.4 is 5.32 Å². The Labute approximate surface area is 123 Å². The van der Waals surface area contributed by atoms with E-state index in [-0.39, 0.29) is 17.7 Å². The van der Waals surface area contributed by atoms with Gasteiger partial charge in [0.15, 0.2) is 5.78 Å². The second kappa shape index (κ2) is 4.88. The normalized spacial score (nSPS) is 20.1. The number of hydrogen-bond acceptors (Lipinski definition) is 4. The van der Waals surface area contributed by atoms with Crippen molar-refractivity contribution >= 4 is 17.4 Å². The summed E-state index contributed by atoms with van der Waals surface area (Å²) >= 11 is 0. The molecule has 0 saturated heterocycles. The fourth-order valence-corrected chi connectivity index (χ4v) is 3.11. The van der Waals surface area contributed by atoms with Crippen LogP contribution in [0, 0.1) is 5.92 Å². The van der Waals surface area contributed by atoms with Crippen molar-refractivity contribution in [2.75, 3.05) is 6.61 Å². The number of rotatable bonds is 2. The van der Waals surface area contributed by atoms with Gasteiger partial charge in [-0.2, -0.15) is 0 Å². The zero-order chi connectivity index (χ0) is 15.1. The first-order valence-corrected chi connectivity index (χ1v) is 7.09. The van der Waals surface area contributed by atoms with Gasteiger partial charge in [0.25, 0.3) is 0 Å². The van der Waals surface area contributed by atoms with Crippen LogP contribution in [0.1, 0.15) is 36.7 Å². The van der Waals surface area contributed by atoms with E-state index in [0.29, 0.717) is 23.3 Å². The Kier molecular flexibility index (Phi) is 3.16. The first-order chi connectivity index (χ1) is 10.1. The van der Waals surface area contributed by atoms with E-state index in [1.807, 2.05) is 38.1 Å². The van der Waals surface area contributed by atoms with Gasteiger partial charge in [-0.3, -0.25) is 4.79 Å². The topological polar surface area (TPSA) is 55.4 Å². The lowest BCUT2D eigenvalue weighted by molar-refractivity contribution is -0.139. The number of carbonyl (C=O) groups is 2. The van der Waals surface area contributed by atoms with Crippen molar-refractivity contribution < 1.29 is 14.3 Å². The molecule has 1 aromatic rings. The number of hydrogen-bond donors (Lipinski definition) is 1. The molecule has 0 amide bonds. The molecule has 0 aromatic heterocycles. The molecule has 1 heterocycles. The van der Waals surface area contributed by atoms with E-state index in [2.05, 4.69) is 5.32 Å². The number of allylic oxidation sites excluding steroid dienone is 2. The largest absolute Gasteiger partial charge is 0.463 e. The maximum Gasteiger partial charge on any atom is 0.336 e. The molecule has 2 aliphatic rings. The third-order valence-corrected chi connectivity index (χ3v) is 4.03. The summed E-state index contributed by atoms with van der Waals surface area (Å²) in [6.45, 7) is 5.83. The Bertz CT molecular complexity index is 713. The molecule has 21 heavy (non-hydrogen) atoms. The highest BCUT2D eigenvalue weighted by Crippen LogP contribution is 2.41. The highest BCUT2D eigenvalue weighted by molar-refractivity contribution is 6.22. The highest BCUT2D eigenvalue weighted by atomic mass is 16.5. The molecular weight excluding hydrogens is 266 g/mol. The molecule has 1 unspecified atom stereocenters. The standard InChI is InChI=1S/C17H17NO3/c1-4-21-17(20)13-9(2)14-15(18-10(13)3)11-7-5-6-8-12(11)16(14)19/h5-9,18H,4H2,1-3H3.